The molecular formula is C55H30B2N4O4. The van der Waals surface area contributed by atoms with Crippen LogP contribution in [0.25, 0.3) is 61.0 Å². The van der Waals surface area contributed by atoms with Crippen molar-refractivity contribution in [3.05, 3.63) is 182 Å². The molecule has 0 saturated heterocycles. The van der Waals surface area contributed by atoms with Gasteiger partial charge in [0.15, 0.2) is 0 Å². The number of imidazole rings is 2. The molecule has 10 heteroatoms. The molecule has 0 fully saturated rings. The number of nitrogens with zero attached hydrogens (tertiary/aromatic N) is 4. The average molecular weight is 832 g/mol. The fraction of sp³-hybridized carbons (Fsp3) is 0. The van der Waals surface area contributed by atoms with Crippen LogP contribution in [-0.2, 0) is 0 Å². The summed E-state index contributed by atoms with van der Waals surface area (Å²) in [5.74, 6) is 7.37. The first-order chi connectivity index (χ1) is 32.3. The number of para-hydroxylation sites is 7. The van der Waals surface area contributed by atoms with Gasteiger partial charge in [-0.2, -0.15) is 0 Å². The molecule has 4 aliphatic heterocycles. The van der Waals surface area contributed by atoms with Crippen molar-refractivity contribution in [3.8, 4) is 57.4 Å². The van der Waals surface area contributed by atoms with E-state index in [1.54, 1.807) is 0 Å². The Bertz CT molecular complexity index is 4120. The summed E-state index contributed by atoms with van der Waals surface area (Å²) in [6.07, 6.45) is 0. The second-order valence-corrected chi connectivity index (χ2v) is 17.3. The van der Waals surface area contributed by atoms with Gasteiger partial charge in [-0.15, -0.1) is 0 Å². The van der Waals surface area contributed by atoms with E-state index in [0.29, 0.717) is 0 Å². The predicted molar refractivity (Wildman–Crippen MR) is 259 cm³/mol. The maximum absolute atomic E-state index is 7.06. The van der Waals surface area contributed by atoms with Crippen LogP contribution in [0.3, 0.4) is 0 Å². The molecule has 8 nitrogen and oxygen atoms in total. The summed E-state index contributed by atoms with van der Waals surface area (Å²) in [5.41, 5.74) is 14.4. The Hall–Kier alpha value is -8.62. The van der Waals surface area contributed by atoms with Crippen LogP contribution in [0.4, 0.5) is 0 Å². The predicted octanol–water partition coefficient (Wildman–Crippen LogP) is 8.98. The molecule has 12 aromatic rings. The van der Waals surface area contributed by atoms with Gasteiger partial charge >= 0.3 is 0 Å². The van der Waals surface area contributed by atoms with Crippen molar-refractivity contribution < 1.29 is 18.9 Å². The quantitative estimate of drug-likeness (QED) is 0.163. The standard InChI is InChI=1S/C55H30B2N4O4/c1-5-18-37-31(13-1)32-27-28-40-51(52(32)59(37)42-29-30-48-50-54(42)64-45-24-10-4-16-35(45)56(50)33-14-2-8-22-43(33)63-48)58-55-60(40)38-19-6-7-20-39(38)61(55)41-21-11-17-36-53(41)65-47-26-12-25-46-49(47)57(36)34-15-3-9-23-44(34)62-46/h1-30H. The normalized spacial score (nSPS) is 13.7. The van der Waals surface area contributed by atoms with E-state index in [-0.39, 0.29) is 13.4 Å². The van der Waals surface area contributed by atoms with E-state index in [9.17, 15) is 0 Å². The molecule has 0 amide bonds. The molecule has 7 heterocycles. The van der Waals surface area contributed by atoms with Crippen molar-refractivity contribution in [2.24, 2.45) is 0 Å². The van der Waals surface area contributed by atoms with Gasteiger partial charge in [0.1, 0.15) is 51.5 Å². The lowest BCUT2D eigenvalue weighted by molar-refractivity contribution is 0.463. The Morgan fingerprint density at radius 3 is 1.68 bits per heavy atom. The second kappa shape index (κ2) is 12.1. The number of ether oxygens (including phenoxy) is 4. The smallest absolute Gasteiger partial charge is 0.260 e. The van der Waals surface area contributed by atoms with Crippen LogP contribution < -0.4 is 51.7 Å². The SMILES string of the molecule is c1ccc2c(c1)Oc1cccc3c1B2c1cccc(-n2c4ccccc4n4c5ccc6c7ccccc7n(-c7ccc8c9c7Oc7ccccc7B9c7ccccc7O8)c6c5nc24)c1O3. The molecule has 0 spiro atoms. The first kappa shape index (κ1) is 33.9. The maximum atomic E-state index is 7.06. The summed E-state index contributed by atoms with van der Waals surface area (Å²) in [6, 6.07) is 63.6. The Morgan fingerprint density at radius 1 is 0.354 bits per heavy atom. The van der Waals surface area contributed by atoms with Crippen molar-refractivity contribution >= 4 is 95.9 Å². The number of hydrogen-bond acceptors (Lipinski definition) is 5. The highest BCUT2D eigenvalue weighted by Gasteiger charge is 2.43. The number of rotatable bonds is 2. The van der Waals surface area contributed by atoms with Crippen molar-refractivity contribution in [1.29, 1.82) is 0 Å². The van der Waals surface area contributed by atoms with Gasteiger partial charge in [0.2, 0.25) is 5.78 Å². The van der Waals surface area contributed by atoms with E-state index >= 15 is 0 Å². The minimum Gasteiger partial charge on any atom is -0.458 e. The van der Waals surface area contributed by atoms with Crippen LogP contribution in [0, 0.1) is 0 Å². The molecule has 3 aromatic heterocycles. The second-order valence-electron chi connectivity index (χ2n) is 17.3. The highest BCUT2D eigenvalue weighted by atomic mass is 16.5. The Morgan fingerprint density at radius 2 is 0.908 bits per heavy atom. The zero-order valence-electron chi connectivity index (χ0n) is 34.4. The molecule has 300 valence electrons. The van der Waals surface area contributed by atoms with Crippen molar-refractivity contribution in [1.82, 2.24) is 18.5 Å². The van der Waals surface area contributed by atoms with Gasteiger partial charge in [-0.1, -0.05) is 103 Å². The average Bonchev–Trinajstić information content (AvgIpc) is 4.01. The number of benzene rings is 9. The minimum atomic E-state index is -0.0628. The zero-order valence-corrected chi connectivity index (χ0v) is 34.4. The summed E-state index contributed by atoms with van der Waals surface area (Å²) in [5, 5.41) is 2.24. The van der Waals surface area contributed by atoms with Gasteiger partial charge in [-0.3, -0.25) is 8.97 Å². The lowest BCUT2D eigenvalue weighted by atomic mass is 9.35. The van der Waals surface area contributed by atoms with Crippen LogP contribution in [0.5, 0.6) is 46.0 Å². The van der Waals surface area contributed by atoms with Gasteiger partial charge < -0.3 is 23.5 Å². The third-order valence-electron chi connectivity index (χ3n) is 14.1. The Balaban J connectivity index is 0.982. The Labute approximate surface area is 371 Å². The molecule has 9 aromatic carbocycles. The van der Waals surface area contributed by atoms with Crippen molar-refractivity contribution in [2.45, 2.75) is 0 Å². The van der Waals surface area contributed by atoms with Crippen LogP contribution in [-0.4, -0.2) is 31.9 Å². The molecule has 0 unspecified atom stereocenters. The molecule has 4 aliphatic rings. The van der Waals surface area contributed by atoms with Gasteiger partial charge in [-0.25, -0.2) is 4.98 Å². The van der Waals surface area contributed by atoms with Crippen molar-refractivity contribution in [2.75, 3.05) is 0 Å². The van der Waals surface area contributed by atoms with Gasteiger partial charge in [-0.05, 0) is 101 Å². The van der Waals surface area contributed by atoms with Crippen molar-refractivity contribution in [3.63, 3.8) is 0 Å². The molecule has 0 aliphatic carbocycles. The van der Waals surface area contributed by atoms with E-state index in [2.05, 4.69) is 165 Å². The molecule has 0 N–H and O–H groups in total. The first-order valence-electron chi connectivity index (χ1n) is 22.0. The van der Waals surface area contributed by atoms with Crippen LogP contribution >= 0.6 is 0 Å². The monoisotopic (exact) mass is 832 g/mol. The summed E-state index contributed by atoms with van der Waals surface area (Å²) in [6.45, 7) is -0.122. The minimum absolute atomic E-state index is 0.0587. The highest BCUT2D eigenvalue weighted by Crippen LogP contribution is 2.45. The number of hydrogen-bond donors (Lipinski definition) is 0. The zero-order chi connectivity index (χ0) is 42.1. The summed E-state index contributed by atoms with van der Waals surface area (Å²) < 4.78 is 34.1. The van der Waals surface area contributed by atoms with Gasteiger partial charge in [0.05, 0.1) is 39.0 Å². The Kier molecular flexibility index (Phi) is 6.31. The lowest BCUT2D eigenvalue weighted by Crippen LogP contribution is -2.57. The fourth-order valence-corrected chi connectivity index (χ4v) is 11.5. The van der Waals surface area contributed by atoms with E-state index in [4.69, 9.17) is 23.9 Å². The van der Waals surface area contributed by atoms with Gasteiger partial charge in [0, 0.05) is 21.7 Å². The number of fused-ring (bicyclic) bond motifs is 17. The maximum Gasteiger partial charge on any atom is 0.260 e. The summed E-state index contributed by atoms with van der Waals surface area (Å²) in [7, 11) is 0. The van der Waals surface area contributed by atoms with Crippen LogP contribution in [0.1, 0.15) is 0 Å². The van der Waals surface area contributed by atoms with Crippen LogP contribution in [0.2, 0.25) is 0 Å². The highest BCUT2D eigenvalue weighted by molar-refractivity contribution is 6.99. The first-order valence-corrected chi connectivity index (χ1v) is 22.0. The summed E-state index contributed by atoms with van der Waals surface area (Å²) in [4.78, 5) is 5.73. The third-order valence-corrected chi connectivity index (χ3v) is 14.1. The van der Waals surface area contributed by atoms with E-state index in [0.717, 1.165) is 140 Å². The molecule has 16 rings (SSSR count). The van der Waals surface area contributed by atoms with E-state index < -0.39 is 0 Å². The fourth-order valence-electron chi connectivity index (χ4n) is 11.5. The van der Waals surface area contributed by atoms with Crippen LogP contribution in [0.15, 0.2) is 182 Å². The number of aromatic nitrogens is 4. The summed E-state index contributed by atoms with van der Waals surface area (Å²) >= 11 is 0. The third kappa shape index (κ3) is 4.26. The van der Waals surface area contributed by atoms with Gasteiger partial charge in [0.25, 0.3) is 13.4 Å². The molecule has 0 radical (unpaired) electrons. The largest absolute Gasteiger partial charge is 0.458 e. The van der Waals surface area contributed by atoms with E-state index in [1.165, 1.54) is 0 Å². The molecule has 0 atom stereocenters. The topological polar surface area (TPSA) is 64.1 Å². The molecule has 65 heavy (non-hydrogen) atoms. The molecule has 0 saturated carbocycles. The molecular weight excluding hydrogens is 802 g/mol. The van der Waals surface area contributed by atoms with E-state index in [1.807, 2.05) is 30.3 Å². The lowest BCUT2D eigenvalue weighted by Gasteiger charge is -2.34. The molecule has 0 bridgehead atoms.